The zero-order valence-corrected chi connectivity index (χ0v) is 9.59. The van der Waals surface area contributed by atoms with Crippen LogP contribution in [0.3, 0.4) is 0 Å². The molecule has 14 heavy (non-hydrogen) atoms. The number of ketones is 1. The standard InChI is InChI=1S/C12H23NO/c1-3-4-5-10-13(2)11-6-8-12(14)9-7-11/h11H,3-10H2,1-2H3. The average molecular weight is 197 g/mol. The third-order valence-electron chi connectivity index (χ3n) is 3.25. The van der Waals surface area contributed by atoms with Crippen molar-refractivity contribution in [2.24, 2.45) is 0 Å². The van der Waals surface area contributed by atoms with Crippen LogP contribution in [0.5, 0.6) is 0 Å². The van der Waals surface area contributed by atoms with Gasteiger partial charge in [0.1, 0.15) is 5.78 Å². The van der Waals surface area contributed by atoms with Crippen molar-refractivity contribution in [3.63, 3.8) is 0 Å². The van der Waals surface area contributed by atoms with Crippen molar-refractivity contribution < 1.29 is 4.79 Å². The summed E-state index contributed by atoms with van der Waals surface area (Å²) >= 11 is 0. The Bertz CT molecular complexity index is 169. The van der Waals surface area contributed by atoms with E-state index in [4.69, 9.17) is 0 Å². The van der Waals surface area contributed by atoms with Gasteiger partial charge in [-0.2, -0.15) is 0 Å². The summed E-state index contributed by atoms with van der Waals surface area (Å²) in [5.41, 5.74) is 0. The van der Waals surface area contributed by atoms with Crippen LogP contribution in [0, 0.1) is 0 Å². The van der Waals surface area contributed by atoms with Crippen LogP contribution in [-0.2, 0) is 4.79 Å². The predicted octanol–water partition coefficient (Wildman–Crippen LogP) is 2.62. The summed E-state index contributed by atoms with van der Waals surface area (Å²) in [6.07, 6.45) is 7.71. The number of carbonyl (C=O) groups is 1. The summed E-state index contributed by atoms with van der Waals surface area (Å²) in [5.74, 6) is 0.461. The van der Waals surface area contributed by atoms with Gasteiger partial charge in [-0.15, -0.1) is 0 Å². The number of Topliss-reactive ketones (excluding diaryl/α,β-unsaturated/α-hetero) is 1. The maximum absolute atomic E-state index is 11.1. The smallest absolute Gasteiger partial charge is 0.133 e. The first kappa shape index (κ1) is 11.7. The molecule has 0 bridgehead atoms. The van der Waals surface area contributed by atoms with Gasteiger partial charge in [0.2, 0.25) is 0 Å². The maximum atomic E-state index is 11.1. The van der Waals surface area contributed by atoms with E-state index < -0.39 is 0 Å². The van der Waals surface area contributed by atoms with E-state index in [-0.39, 0.29) is 0 Å². The zero-order chi connectivity index (χ0) is 10.4. The first-order chi connectivity index (χ1) is 6.74. The highest BCUT2D eigenvalue weighted by Crippen LogP contribution is 2.19. The van der Waals surface area contributed by atoms with Crippen molar-refractivity contribution in [3.8, 4) is 0 Å². The first-order valence-corrected chi connectivity index (χ1v) is 5.96. The number of nitrogens with zero attached hydrogens (tertiary/aromatic N) is 1. The lowest BCUT2D eigenvalue weighted by molar-refractivity contribution is -0.121. The van der Waals surface area contributed by atoms with E-state index >= 15 is 0 Å². The van der Waals surface area contributed by atoms with Crippen molar-refractivity contribution in [1.82, 2.24) is 4.90 Å². The molecule has 1 rings (SSSR count). The molecule has 1 aliphatic carbocycles. The maximum Gasteiger partial charge on any atom is 0.133 e. The molecule has 0 atom stereocenters. The van der Waals surface area contributed by atoms with Gasteiger partial charge in [-0.1, -0.05) is 19.8 Å². The SMILES string of the molecule is CCCCCN(C)C1CCC(=O)CC1. The van der Waals surface area contributed by atoms with Gasteiger partial charge in [-0.25, -0.2) is 0 Å². The molecule has 0 N–H and O–H groups in total. The molecule has 1 saturated carbocycles. The summed E-state index contributed by atoms with van der Waals surface area (Å²) in [6, 6.07) is 0.671. The third kappa shape index (κ3) is 3.79. The molecule has 0 spiro atoms. The highest BCUT2D eigenvalue weighted by molar-refractivity contribution is 5.79. The second-order valence-corrected chi connectivity index (χ2v) is 4.46. The lowest BCUT2D eigenvalue weighted by Gasteiger charge is -2.30. The van der Waals surface area contributed by atoms with Gasteiger partial charge in [-0.05, 0) is 32.9 Å². The van der Waals surface area contributed by atoms with E-state index in [1.165, 1.54) is 25.8 Å². The van der Waals surface area contributed by atoms with Gasteiger partial charge < -0.3 is 4.90 Å². The van der Waals surface area contributed by atoms with Crippen LogP contribution in [0.25, 0.3) is 0 Å². The average Bonchev–Trinajstić information content (AvgIpc) is 2.19. The summed E-state index contributed by atoms with van der Waals surface area (Å²) in [5, 5.41) is 0. The fraction of sp³-hybridized carbons (Fsp3) is 0.917. The highest BCUT2D eigenvalue weighted by Gasteiger charge is 2.21. The molecule has 0 aromatic heterocycles. The molecule has 0 amide bonds. The molecule has 2 nitrogen and oxygen atoms in total. The Balaban J connectivity index is 2.16. The molecule has 0 heterocycles. The Morgan fingerprint density at radius 3 is 2.50 bits per heavy atom. The van der Waals surface area contributed by atoms with E-state index in [2.05, 4.69) is 18.9 Å². The van der Waals surface area contributed by atoms with Crippen molar-refractivity contribution in [2.75, 3.05) is 13.6 Å². The summed E-state index contributed by atoms with van der Waals surface area (Å²) in [4.78, 5) is 13.5. The molecular weight excluding hydrogens is 174 g/mol. The number of carbonyl (C=O) groups excluding carboxylic acids is 1. The predicted molar refractivity (Wildman–Crippen MR) is 59.4 cm³/mol. The molecule has 0 unspecified atom stereocenters. The van der Waals surface area contributed by atoms with E-state index in [0.29, 0.717) is 11.8 Å². The van der Waals surface area contributed by atoms with Gasteiger partial charge in [0.25, 0.3) is 0 Å². The van der Waals surface area contributed by atoms with Gasteiger partial charge in [0, 0.05) is 18.9 Å². The van der Waals surface area contributed by atoms with Crippen LogP contribution in [0.1, 0.15) is 51.9 Å². The minimum atomic E-state index is 0.461. The Hall–Kier alpha value is -0.370. The Labute approximate surface area is 87.7 Å². The van der Waals surface area contributed by atoms with Gasteiger partial charge in [0.05, 0.1) is 0 Å². The lowest BCUT2D eigenvalue weighted by Crippen LogP contribution is -2.35. The molecule has 0 aliphatic heterocycles. The minimum absolute atomic E-state index is 0.461. The van der Waals surface area contributed by atoms with Crippen molar-refractivity contribution >= 4 is 5.78 Å². The molecular formula is C12H23NO. The number of unbranched alkanes of at least 4 members (excludes halogenated alkanes) is 2. The zero-order valence-electron chi connectivity index (χ0n) is 9.59. The van der Waals surface area contributed by atoms with Crippen LogP contribution in [-0.4, -0.2) is 30.3 Å². The van der Waals surface area contributed by atoms with Gasteiger partial charge in [-0.3, -0.25) is 4.79 Å². The molecule has 0 aromatic rings. The second kappa shape index (κ2) is 6.18. The molecule has 82 valence electrons. The highest BCUT2D eigenvalue weighted by atomic mass is 16.1. The molecule has 0 aromatic carbocycles. The quantitative estimate of drug-likeness (QED) is 0.631. The fourth-order valence-corrected chi connectivity index (χ4v) is 2.16. The number of hydrogen-bond donors (Lipinski definition) is 0. The second-order valence-electron chi connectivity index (χ2n) is 4.46. The van der Waals surface area contributed by atoms with Gasteiger partial charge >= 0.3 is 0 Å². The largest absolute Gasteiger partial charge is 0.303 e. The molecule has 2 heteroatoms. The summed E-state index contributed by atoms with van der Waals surface area (Å²) in [7, 11) is 2.20. The monoisotopic (exact) mass is 197 g/mol. The van der Waals surface area contributed by atoms with E-state index in [9.17, 15) is 4.79 Å². The van der Waals surface area contributed by atoms with Crippen molar-refractivity contribution in [2.45, 2.75) is 57.9 Å². The van der Waals surface area contributed by atoms with Crippen LogP contribution in [0.4, 0.5) is 0 Å². The minimum Gasteiger partial charge on any atom is -0.303 e. The Kier molecular flexibility index (Phi) is 5.16. The molecule has 1 aliphatic rings. The van der Waals surface area contributed by atoms with Crippen LogP contribution >= 0.6 is 0 Å². The fourth-order valence-electron chi connectivity index (χ4n) is 2.16. The lowest BCUT2D eigenvalue weighted by atomic mass is 9.93. The van der Waals surface area contributed by atoms with E-state index in [0.717, 1.165) is 25.7 Å². The molecule has 0 radical (unpaired) electrons. The van der Waals surface area contributed by atoms with Crippen molar-refractivity contribution in [3.05, 3.63) is 0 Å². The summed E-state index contributed by atoms with van der Waals surface area (Å²) < 4.78 is 0. The van der Waals surface area contributed by atoms with Crippen LogP contribution in [0.15, 0.2) is 0 Å². The number of rotatable bonds is 5. The topological polar surface area (TPSA) is 20.3 Å². The van der Waals surface area contributed by atoms with Gasteiger partial charge in [0.15, 0.2) is 0 Å². The van der Waals surface area contributed by atoms with Crippen LogP contribution < -0.4 is 0 Å². The molecule has 1 fully saturated rings. The number of hydrogen-bond acceptors (Lipinski definition) is 2. The third-order valence-corrected chi connectivity index (χ3v) is 3.25. The Morgan fingerprint density at radius 2 is 1.93 bits per heavy atom. The van der Waals surface area contributed by atoms with E-state index in [1.807, 2.05) is 0 Å². The van der Waals surface area contributed by atoms with Crippen molar-refractivity contribution in [1.29, 1.82) is 0 Å². The van der Waals surface area contributed by atoms with Crippen LogP contribution in [0.2, 0.25) is 0 Å². The molecule has 0 saturated heterocycles. The Morgan fingerprint density at radius 1 is 1.29 bits per heavy atom. The first-order valence-electron chi connectivity index (χ1n) is 5.96. The summed E-state index contributed by atoms with van der Waals surface area (Å²) in [6.45, 7) is 3.44. The van der Waals surface area contributed by atoms with E-state index in [1.54, 1.807) is 0 Å². The normalized spacial score (nSPS) is 19.2.